The zero-order chi connectivity index (χ0) is 12.4. The van der Waals surface area contributed by atoms with Crippen LogP contribution in [0, 0.1) is 0 Å². The van der Waals surface area contributed by atoms with Crippen molar-refractivity contribution in [2.24, 2.45) is 0 Å². The van der Waals surface area contributed by atoms with Gasteiger partial charge in [-0.2, -0.15) is 0 Å². The molecule has 1 saturated carbocycles. The normalized spacial score (nSPS) is 17.0. The molecule has 18 heavy (non-hydrogen) atoms. The molecule has 4 nitrogen and oxygen atoms in total. The lowest BCUT2D eigenvalue weighted by atomic mass is 9.93. The van der Waals surface area contributed by atoms with E-state index in [4.69, 9.17) is 0 Å². The zero-order valence-corrected chi connectivity index (χ0v) is 10.2. The van der Waals surface area contributed by atoms with Crippen LogP contribution in [0.1, 0.15) is 25.7 Å². The highest BCUT2D eigenvalue weighted by molar-refractivity contribution is 5.79. The molecule has 1 aliphatic carbocycles. The summed E-state index contributed by atoms with van der Waals surface area (Å²) < 4.78 is 0. The first-order valence-corrected chi connectivity index (χ1v) is 6.42. The number of H-pyrrole nitrogens is 2. The van der Waals surface area contributed by atoms with Gasteiger partial charge >= 0.3 is 0 Å². The van der Waals surface area contributed by atoms with Crippen LogP contribution in [-0.4, -0.2) is 21.8 Å². The van der Waals surface area contributed by atoms with Gasteiger partial charge in [-0.1, -0.05) is 0 Å². The third-order valence-corrected chi connectivity index (χ3v) is 3.56. The molecule has 2 heterocycles. The molecule has 0 bridgehead atoms. The van der Waals surface area contributed by atoms with Gasteiger partial charge in [-0.05, 0) is 37.1 Å². The molecule has 1 aliphatic rings. The molecular weight excluding hydrogens is 226 g/mol. The van der Waals surface area contributed by atoms with Gasteiger partial charge in [-0.3, -0.25) is 4.79 Å². The molecule has 2 N–H and O–H groups in total. The van der Waals surface area contributed by atoms with Gasteiger partial charge in [0.25, 0.3) is 0 Å². The Labute approximate surface area is 106 Å². The second-order valence-electron chi connectivity index (χ2n) is 4.75. The number of aromatic amines is 2. The Morgan fingerprint density at radius 2 is 1.56 bits per heavy atom. The standard InChI is InChI=1S/C14H17N3O/c18-12-7-5-11(6-8-12)17(13-3-1-9-15-13)14-4-2-10-16-14/h1-4,9-11,15-16H,5-8H2. The average Bonchev–Trinajstić information content (AvgIpc) is 3.06. The summed E-state index contributed by atoms with van der Waals surface area (Å²) in [7, 11) is 0. The summed E-state index contributed by atoms with van der Waals surface area (Å²) >= 11 is 0. The molecule has 0 saturated heterocycles. The maximum absolute atomic E-state index is 11.4. The second kappa shape index (κ2) is 4.72. The number of ketones is 1. The summed E-state index contributed by atoms with van der Waals surface area (Å²) in [4.78, 5) is 20.2. The van der Waals surface area contributed by atoms with Crippen LogP contribution in [0.4, 0.5) is 11.6 Å². The van der Waals surface area contributed by atoms with Crippen molar-refractivity contribution in [1.29, 1.82) is 0 Å². The van der Waals surface area contributed by atoms with Crippen molar-refractivity contribution in [2.45, 2.75) is 31.7 Å². The molecule has 1 fully saturated rings. The molecule has 0 amide bonds. The highest BCUT2D eigenvalue weighted by atomic mass is 16.1. The van der Waals surface area contributed by atoms with Crippen LogP contribution in [0.25, 0.3) is 0 Å². The topological polar surface area (TPSA) is 51.9 Å². The molecule has 0 aliphatic heterocycles. The summed E-state index contributed by atoms with van der Waals surface area (Å²) in [6.07, 6.45) is 7.11. The molecule has 0 spiro atoms. The number of rotatable bonds is 3. The lowest BCUT2D eigenvalue weighted by molar-refractivity contribution is -0.120. The van der Waals surface area contributed by atoms with Gasteiger partial charge in [0, 0.05) is 31.3 Å². The average molecular weight is 243 g/mol. The maximum atomic E-state index is 11.4. The number of aromatic nitrogens is 2. The van der Waals surface area contributed by atoms with Crippen molar-refractivity contribution in [1.82, 2.24) is 9.97 Å². The number of nitrogens with one attached hydrogen (secondary N) is 2. The van der Waals surface area contributed by atoms with E-state index in [1.165, 1.54) is 0 Å². The van der Waals surface area contributed by atoms with E-state index >= 15 is 0 Å². The third-order valence-electron chi connectivity index (χ3n) is 3.56. The minimum Gasteiger partial charge on any atom is -0.348 e. The van der Waals surface area contributed by atoms with Crippen LogP contribution in [0.3, 0.4) is 0 Å². The molecule has 2 aromatic heterocycles. The Kier molecular flexibility index (Phi) is 2.92. The molecule has 4 heteroatoms. The zero-order valence-electron chi connectivity index (χ0n) is 10.2. The summed E-state index contributed by atoms with van der Waals surface area (Å²) in [5, 5.41) is 0. The van der Waals surface area contributed by atoms with E-state index < -0.39 is 0 Å². The Balaban J connectivity index is 1.88. The van der Waals surface area contributed by atoms with E-state index in [0.717, 1.165) is 24.5 Å². The number of hydrogen-bond acceptors (Lipinski definition) is 2. The van der Waals surface area contributed by atoms with E-state index in [1.54, 1.807) is 0 Å². The minimum absolute atomic E-state index is 0.389. The van der Waals surface area contributed by atoms with Crippen LogP contribution < -0.4 is 4.90 Å². The van der Waals surface area contributed by atoms with Crippen molar-refractivity contribution in [2.75, 3.05) is 4.90 Å². The predicted molar refractivity (Wildman–Crippen MR) is 71.0 cm³/mol. The fraction of sp³-hybridized carbons (Fsp3) is 0.357. The van der Waals surface area contributed by atoms with E-state index in [0.29, 0.717) is 24.7 Å². The monoisotopic (exact) mass is 243 g/mol. The largest absolute Gasteiger partial charge is 0.348 e. The summed E-state index contributed by atoms with van der Waals surface area (Å²) in [6, 6.07) is 8.52. The predicted octanol–water partition coefficient (Wildman–Crippen LogP) is 2.99. The number of carbonyl (C=O) groups excluding carboxylic acids is 1. The quantitative estimate of drug-likeness (QED) is 0.870. The Hall–Kier alpha value is -1.97. The highest BCUT2D eigenvalue weighted by Crippen LogP contribution is 2.31. The van der Waals surface area contributed by atoms with E-state index in [2.05, 4.69) is 27.0 Å². The van der Waals surface area contributed by atoms with E-state index in [9.17, 15) is 4.79 Å². The first-order valence-electron chi connectivity index (χ1n) is 6.42. The van der Waals surface area contributed by atoms with Gasteiger partial charge in [0.05, 0.1) is 0 Å². The van der Waals surface area contributed by atoms with Crippen LogP contribution in [0.2, 0.25) is 0 Å². The fourth-order valence-electron chi connectivity index (χ4n) is 2.65. The molecule has 0 aromatic carbocycles. The molecule has 0 unspecified atom stereocenters. The lowest BCUT2D eigenvalue weighted by Crippen LogP contribution is -2.35. The van der Waals surface area contributed by atoms with Gasteiger partial charge in [0.1, 0.15) is 17.4 Å². The van der Waals surface area contributed by atoms with Crippen molar-refractivity contribution in [3.8, 4) is 0 Å². The molecular formula is C14H17N3O. The number of hydrogen-bond donors (Lipinski definition) is 2. The maximum Gasteiger partial charge on any atom is 0.133 e. The summed E-state index contributed by atoms with van der Waals surface area (Å²) in [5.41, 5.74) is 0. The molecule has 2 aromatic rings. The minimum atomic E-state index is 0.389. The van der Waals surface area contributed by atoms with Gasteiger partial charge in [-0.25, -0.2) is 0 Å². The molecule has 3 rings (SSSR count). The number of carbonyl (C=O) groups is 1. The van der Waals surface area contributed by atoms with Crippen molar-refractivity contribution >= 4 is 17.4 Å². The van der Waals surface area contributed by atoms with Crippen LogP contribution in [-0.2, 0) is 4.79 Å². The van der Waals surface area contributed by atoms with E-state index in [1.807, 2.05) is 24.5 Å². The number of anilines is 2. The highest BCUT2D eigenvalue weighted by Gasteiger charge is 2.26. The molecule has 0 radical (unpaired) electrons. The Morgan fingerprint density at radius 3 is 2.00 bits per heavy atom. The first kappa shape index (κ1) is 11.1. The van der Waals surface area contributed by atoms with Gasteiger partial charge < -0.3 is 14.9 Å². The summed E-state index contributed by atoms with van der Waals surface area (Å²) in [5.74, 6) is 2.55. The first-order chi connectivity index (χ1) is 8.84. The Morgan fingerprint density at radius 1 is 1.00 bits per heavy atom. The van der Waals surface area contributed by atoms with Gasteiger partial charge in [0.15, 0.2) is 0 Å². The van der Waals surface area contributed by atoms with Crippen molar-refractivity contribution < 1.29 is 4.79 Å². The van der Waals surface area contributed by atoms with Crippen LogP contribution >= 0.6 is 0 Å². The van der Waals surface area contributed by atoms with Crippen LogP contribution in [0.5, 0.6) is 0 Å². The fourth-order valence-corrected chi connectivity index (χ4v) is 2.65. The smallest absolute Gasteiger partial charge is 0.133 e. The number of nitrogens with zero attached hydrogens (tertiary/aromatic N) is 1. The molecule has 94 valence electrons. The molecule has 0 atom stereocenters. The lowest BCUT2D eigenvalue weighted by Gasteiger charge is -2.33. The Bertz CT molecular complexity index is 457. The van der Waals surface area contributed by atoms with Crippen molar-refractivity contribution in [3.05, 3.63) is 36.7 Å². The number of Topliss-reactive ketones (excluding diaryl/α,β-unsaturated/α-hetero) is 1. The van der Waals surface area contributed by atoms with Crippen LogP contribution in [0.15, 0.2) is 36.7 Å². The van der Waals surface area contributed by atoms with E-state index in [-0.39, 0.29) is 0 Å². The van der Waals surface area contributed by atoms with Gasteiger partial charge in [0.2, 0.25) is 0 Å². The SMILES string of the molecule is O=C1CCC(N(c2ccc[nH]2)c2ccc[nH]2)CC1. The summed E-state index contributed by atoms with van der Waals surface area (Å²) in [6.45, 7) is 0. The second-order valence-corrected chi connectivity index (χ2v) is 4.75. The van der Waals surface area contributed by atoms with Gasteiger partial charge in [-0.15, -0.1) is 0 Å². The van der Waals surface area contributed by atoms with Crippen molar-refractivity contribution in [3.63, 3.8) is 0 Å². The third kappa shape index (κ3) is 2.06.